The lowest BCUT2D eigenvalue weighted by molar-refractivity contribution is 1.20. The molecule has 0 aliphatic carbocycles. The molecule has 0 aliphatic rings. The van der Waals surface area contributed by atoms with Crippen LogP contribution in [0.2, 0.25) is 0 Å². The summed E-state index contributed by atoms with van der Waals surface area (Å²) < 4.78 is 1.22. The molecule has 0 atom stereocenters. The second-order valence-corrected chi connectivity index (χ2v) is 4.33. The summed E-state index contributed by atoms with van der Waals surface area (Å²) in [4.78, 5) is 4.45. The van der Waals surface area contributed by atoms with E-state index >= 15 is 0 Å². The zero-order valence-electron chi connectivity index (χ0n) is 8.08. The number of aromatic nitrogens is 1. The van der Waals surface area contributed by atoms with Crippen LogP contribution < -0.4 is 5.32 Å². The summed E-state index contributed by atoms with van der Waals surface area (Å²) >= 11 is 1.68. The van der Waals surface area contributed by atoms with Gasteiger partial charge in [0.05, 0.1) is 10.2 Å². The standard InChI is InChI=1S/C11H12N2S/c1-8(2)7-12-11-13-9-5-3-4-6-10(9)14-11/h3-6H,1,7H2,2H3,(H,12,13). The third-order valence-electron chi connectivity index (χ3n) is 1.84. The van der Waals surface area contributed by atoms with Gasteiger partial charge >= 0.3 is 0 Å². The van der Waals surface area contributed by atoms with Gasteiger partial charge < -0.3 is 5.32 Å². The van der Waals surface area contributed by atoms with E-state index in [1.54, 1.807) is 11.3 Å². The molecule has 1 aromatic heterocycles. The Bertz CT molecular complexity index is 426. The van der Waals surface area contributed by atoms with Crippen molar-refractivity contribution in [3.8, 4) is 0 Å². The molecular formula is C11H12N2S. The normalized spacial score (nSPS) is 10.4. The van der Waals surface area contributed by atoms with E-state index < -0.39 is 0 Å². The smallest absolute Gasteiger partial charge is 0.184 e. The number of benzene rings is 1. The molecule has 0 aliphatic heterocycles. The van der Waals surface area contributed by atoms with E-state index in [1.807, 2.05) is 25.1 Å². The number of nitrogens with one attached hydrogen (secondary N) is 1. The van der Waals surface area contributed by atoms with Gasteiger partial charge in [-0.15, -0.1) is 0 Å². The zero-order chi connectivity index (χ0) is 9.97. The molecule has 0 saturated carbocycles. The number of fused-ring (bicyclic) bond motifs is 1. The van der Waals surface area contributed by atoms with Crippen LogP contribution in [0.1, 0.15) is 6.92 Å². The number of hydrogen-bond acceptors (Lipinski definition) is 3. The van der Waals surface area contributed by atoms with Crippen LogP contribution in [0.25, 0.3) is 10.2 Å². The number of hydrogen-bond donors (Lipinski definition) is 1. The van der Waals surface area contributed by atoms with Gasteiger partial charge in [-0.1, -0.05) is 35.6 Å². The number of rotatable bonds is 3. The first kappa shape index (κ1) is 9.21. The number of thiazole rings is 1. The molecule has 1 heterocycles. The lowest BCUT2D eigenvalue weighted by atomic mass is 10.3. The van der Waals surface area contributed by atoms with Crippen LogP contribution in [0, 0.1) is 0 Å². The molecule has 14 heavy (non-hydrogen) atoms. The summed E-state index contributed by atoms with van der Waals surface area (Å²) in [5, 5.41) is 4.21. The van der Waals surface area contributed by atoms with E-state index in [1.165, 1.54) is 4.70 Å². The third-order valence-corrected chi connectivity index (χ3v) is 2.83. The largest absolute Gasteiger partial charge is 0.358 e. The summed E-state index contributed by atoms with van der Waals surface area (Å²) in [6.45, 7) is 6.63. The summed E-state index contributed by atoms with van der Waals surface area (Å²) in [6, 6.07) is 8.14. The maximum atomic E-state index is 4.45. The van der Waals surface area contributed by atoms with Crippen LogP contribution in [0.4, 0.5) is 5.13 Å². The second-order valence-electron chi connectivity index (χ2n) is 3.30. The van der Waals surface area contributed by atoms with E-state index in [2.05, 4.69) is 22.9 Å². The van der Waals surface area contributed by atoms with E-state index in [0.29, 0.717) is 0 Å². The summed E-state index contributed by atoms with van der Waals surface area (Å²) in [5.74, 6) is 0. The van der Waals surface area contributed by atoms with Crippen molar-refractivity contribution in [3.63, 3.8) is 0 Å². The van der Waals surface area contributed by atoms with Gasteiger partial charge in [-0.3, -0.25) is 0 Å². The third kappa shape index (κ3) is 1.93. The summed E-state index contributed by atoms with van der Waals surface area (Å²) in [5.41, 5.74) is 2.17. The van der Waals surface area contributed by atoms with Gasteiger partial charge in [-0.05, 0) is 19.1 Å². The fraction of sp³-hybridized carbons (Fsp3) is 0.182. The Kier molecular flexibility index (Phi) is 2.50. The lowest BCUT2D eigenvalue weighted by Gasteiger charge is -1.99. The maximum Gasteiger partial charge on any atom is 0.184 e. The molecule has 0 unspecified atom stereocenters. The van der Waals surface area contributed by atoms with Crippen molar-refractivity contribution in [2.24, 2.45) is 0 Å². The molecule has 0 saturated heterocycles. The molecule has 0 spiro atoms. The Hall–Kier alpha value is -1.35. The molecule has 1 aromatic carbocycles. The van der Waals surface area contributed by atoms with Gasteiger partial charge in [0.2, 0.25) is 0 Å². The minimum Gasteiger partial charge on any atom is -0.358 e. The number of nitrogens with zero attached hydrogens (tertiary/aromatic N) is 1. The molecule has 0 radical (unpaired) electrons. The highest BCUT2D eigenvalue weighted by Gasteiger charge is 2.00. The van der Waals surface area contributed by atoms with Crippen molar-refractivity contribution in [1.82, 2.24) is 4.98 Å². The lowest BCUT2D eigenvalue weighted by Crippen LogP contribution is -2.00. The van der Waals surface area contributed by atoms with E-state index in [9.17, 15) is 0 Å². The quantitative estimate of drug-likeness (QED) is 0.776. The van der Waals surface area contributed by atoms with Gasteiger partial charge in [0, 0.05) is 6.54 Å². The maximum absolute atomic E-state index is 4.45. The van der Waals surface area contributed by atoms with Crippen molar-refractivity contribution in [3.05, 3.63) is 36.4 Å². The van der Waals surface area contributed by atoms with Crippen LogP contribution in [-0.2, 0) is 0 Å². The van der Waals surface area contributed by atoms with Crippen LogP contribution in [0.15, 0.2) is 36.4 Å². The SMILES string of the molecule is C=C(C)CNc1nc2ccccc2s1. The van der Waals surface area contributed by atoms with Crippen molar-refractivity contribution >= 4 is 26.7 Å². The predicted octanol–water partition coefficient (Wildman–Crippen LogP) is 3.28. The molecule has 72 valence electrons. The molecule has 3 heteroatoms. The molecule has 1 N–H and O–H groups in total. The van der Waals surface area contributed by atoms with Gasteiger partial charge in [0.1, 0.15) is 0 Å². The first-order valence-corrected chi connectivity index (χ1v) is 5.31. The van der Waals surface area contributed by atoms with Gasteiger partial charge in [0.25, 0.3) is 0 Å². The molecule has 0 fully saturated rings. The average molecular weight is 204 g/mol. The first-order valence-electron chi connectivity index (χ1n) is 4.49. The van der Waals surface area contributed by atoms with Gasteiger partial charge in [-0.2, -0.15) is 0 Å². The molecular weight excluding hydrogens is 192 g/mol. The summed E-state index contributed by atoms with van der Waals surface area (Å²) in [6.07, 6.45) is 0. The minimum absolute atomic E-state index is 0.791. The van der Waals surface area contributed by atoms with E-state index in [0.717, 1.165) is 22.8 Å². The van der Waals surface area contributed by atoms with Crippen LogP contribution in [0.5, 0.6) is 0 Å². The highest BCUT2D eigenvalue weighted by Crippen LogP contribution is 2.25. The number of para-hydroxylation sites is 1. The van der Waals surface area contributed by atoms with Crippen LogP contribution in [0.3, 0.4) is 0 Å². The molecule has 2 aromatic rings. The predicted molar refractivity (Wildman–Crippen MR) is 62.9 cm³/mol. The molecule has 2 rings (SSSR count). The van der Waals surface area contributed by atoms with Crippen molar-refractivity contribution < 1.29 is 0 Å². The van der Waals surface area contributed by atoms with Gasteiger partial charge in [-0.25, -0.2) is 4.98 Å². The van der Waals surface area contributed by atoms with Crippen molar-refractivity contribution in [2.45, 2.75) is 6.92 Å². The van der Waals surface area contributed by atoms with Crippen molar-refractivity contribution in [2.75, 3.05) is 11.9 Å². The number of anilines is 1. The highest BCUT2D eigenvalue weighted by atomic mass is 32.1. The zero-order valence-corrected chi connectivity index (χ0v) is 8.90. The Morgan fingerprint density at radius 3 is 3.00 bits per heavy atom. The fourth-order valence-electron chi connectivity index (χ4n) is 1.17. The summed E-state index contributed by atoms with van der Waals surface area (Å²) in [7, 11) is 0. The first-order chi connectivity index (χ1) is 6.75. The minimum atomic E-state index is 0.791. The monoisotopic (exact) mass is 204 g/mol. The van der Waals surface area contributed by atoms with E-state index in [-0.39, 0.29) is 0 Å². The Morgan fingerprint density at radius 2 is 2.29 bits per heavy atom. The topological polar surface area (TPSA) is 24.9 Å². The van der Waals surface area contributed by atoms with Gasteiger partial charge in [0.15, 0.2) is 5.13 Å². The Balaban J connectivity index is 2.22. The van der Waals surface area contributed by atoms with Crippen molar-refractivity contribution in [1.29, 1.82) is 0 Å². The van der Waals surface area contributed by atoms with Crippen LogP contribution >= 0.6 is 11.3 Å². The Morgan fingerprint density at radius 1 is 1.50 bits per heavy atom. The van der Waals surface area contributed by atoms with Crippen LogP contribution in [-0.4, -0.2) is 11.5 Å². The fourth-order valence-corrected chi connectivity index (χ4v) is 2.04. The average Bonchev–Trinajstić information content (AvgIpc) is 2.57. The Labute approximate surface area is 87.3 Å². The molecule has 0 amide bonds. The molecule has 2 nitrogen and oxygen atoms in total. The molecule has 0 bridgehead atoms. The highest BCUT2D eigenvalue weighted by molar-refractivity contribution is 7.22. The van der Waals surface area contributed by atoms with E-state index in [4.69, 9.17) is 0 Å². The second kappa shape index (κ2) is 3.80.